The first-order valence-electron chi connectivity index (χ1n) is 9.83. The van der Waals surface area contributed by atoms with Crippen LogP contribution >= 0.6 is 11.6 Å². The van der Waals surface area contributed by atoms with Gasteiger partial charge in [-0.05, 0) is 55.0 Å². The van der Waals surface area contributed by atoms with Crippen molar-refractivity contribution in [2.75, 3.05) is 6.61 Å². The zero-order valence-electron chi connectivity index (χ0n) is 16.1. The van der Waals surface area contributed by atoms with Crippen molar-refractivity contribution in [2.24, 2.45) is 5.10 Å². The summed E-state index contributed by atoms with van der Waals surface area (Å²) in [5.74, 6) is 1.74. The molecule has 0 spiro atoms. The van der Waals surface area contributed by atoms with Crippen LogP contribution < -0.4 is 9.47 Å². The number of fused-ring (bicyclic) bond motifs is 3. The molecule has 0 aromatic heterocycles. The highest BCUT2D eigenvalue weighted by Crippen LogP contribution is 2.48. The van der Waals surface area contributed by atoms with E-state index in [0.717, 1.165) is 40.3 Å². The zero-order chi connectivity index (χ0) is 19.8. The molecular formula is C24H21ClN2O2. The van der Waals surface area contributed by atoms with Crippen molar-refractivity contribution in [3.63, 3.8) is 0 Å². The highest BCUT2D eigenvalue weighted by molar-refractivity contribution is 6.30. The van der Waals surface area contributed by atoms with Crippen LogP contribution in [0.5, 0.6) is 11.5 Å². The Morgan fingerprint density at radius 3 is 2.62 bits per heavy atom. The van der Waals surface area contributed by atoms with Crippen LogP contribution in [0.25, 0.3) is 0 Å². The monoisotopic (exact) mass is 404 g/mol. The number of halogens is 1. The van der Waals surface area contributed by atoms with Gasteiger partial charge in [0.05, 0.1) is 18.4 Å². The van der Waals surface area contributed by atoms with Crippen LogP contribution in [0.4, 0.5) is 0 Å². The lowest BCUT2D eigenvalue weighted by Gasteiger charge is -2.38. The Morgan fingerprint density at radius 1 is 1.07 bits per heavy atom. The number of nitrogens with zero attached hydrogens (tertiary/aromatic N) is 2. The molecule has 3 aromatic rings. The average molecular weight is 405 g/mol. The number of hydrogen-bond acceptors (Lipinski definition) is 4. The summed E-state index contributed by atoms with van der Waals surface area (Å²) < 4.78 is 11.9. The van der Waals surface area contributed by atoms with Gasteiger partial charge >= 0.3 is 0 Å². The van der Waals surface area contributed by atoms with Crippen LogP contribution in [0, 0.1) is 0 Å². The Hall–Kier alpha value is -2.98. The maximum Gasteiger partial charge on any atom is 0.213 e. The summed E-state index contributed by atoms with van der Waals surface area (Å²) in [5.41, 5.74) is 4.29. The number of hydrogen-bond donors (Lipinski definition) is 0. The molecule has 0 N–H and O–H groups in total. The smallest absolute Gasteiger partial charge is 0.213 e. The molecule has 2 aliphatic heterocycles. The quantitative estimate of drug-likeness (QED) is 0.536. The van der Waals surface area contributed by atoms with Crippen LogP contribution in [0.3, 0.4) is 0 Å². The van der Waals surface area contributed by atoms with E-state index < -0.39 is 0 Å². The van der Waals surface area contributed by atoms with Gasteiger partial charge in [0.15, 0.2) is 0 Å². The first-order valence-corrected chi connectivity index (χ1v) is 10.2. The van der Waals surface area contributed by atoms with Gasteiger partial charge < -0.3 is 9.47 Å². The fourth-order valence-corrected chi connectivity index (χ4v) is 4.16. The zero-order valence-corrected chi connectivity index (χ0v) is 16.8. The number of hydrazone groups is 1. The summed E-state index contributed by atoms with van der Waals surface area (Å²) in [6.45, 7) is 2.64. The third-order valence-corrected chi connectivity index (χ3v) is 5.57. The van der Waals surface area contributed by atoms with E-state index in [4.69, 9.17) is 26.2 Å². The van der Waals surface area contributed by atoms with E-state index in [1.54, 1.807) is 0 Å². The summed E-state index contributed by atoms with van der Waals surface area (Å²) in [4.78, 5) is 0. The Labute approximate surface area is 175 Å². The molecule has 0 bridgehead atoms. The standard InChI is InChI=1S/C24H21ClN2O2/c1-2-28-19-11-8-16(9-12-19)21-15-22-20-14-18(25)10-13-23(20)29-24(27(22)26-21)17-6-4-3-5-7-17/h3-14,22,24H,2,15H2,1H3/t22-,24-/m1/s1. The van der Waals surface area contributed by atoms with Gasteiger partial charge in [-0.2, -0.15) is 5.10 Å². The molecule has 2 aliphatic rings. The normalized spacial score (nSPS) is 19.8. The largest absolute Gasteiger partial charge is 0.494 e. The van der Waals surface area contributed by atoms with Gasteiger partial charge in [0.25, 0.3) is 0 Å². The second-order valence-corrected chi connectivity index (χ2v) is 7.60. The van der Waals surface area contributed by atoms with E-state index in [9.17, 15) is 0 Å². The summed E-state index contributed by atoms with van der Waals surface area (Å²) in [6, 6.07) is 24.3. The summed E-state index contributed by atoms with van der Waals surface area (Å²) in [5, 5.41) is 7.76. The van der Waals surface area contributed by atoms with Crippen LogP contribution in [-0.2, 0) is 0 Å². The van der Waals surface area contributed by atoms with E-state index in [1.807, 2.05) is 55.5 Å². The predicted octanol–water partition coefficient (Wildman–Crippen LogP) is 5.98. The van der Waals surface area contributed by atoms with Gasteiger partial charge in [0, 0.05) is 22.6 Å². The van der Waals surface area contributed by atoms with Crippen molar-refractivity contribution in [3.05, 3.63) is 94.5 Å². The molecule has 3 aromatic carbocycles. The molecule has 0 radical (unpaired) electrons. The minimum Gasteiger partial charge on any atom is -0.494 e. The summed E-state index contributed by atoms with van der Waals surface area (Å²) in [7, 11) is 0. The molecule has 0 amide bonds. The fraction of sp³-hybridized carbons (Fsp3) is 0.208. The molecule has 0 fully saturated rings. The second-order valence-electron chi connectivity index (χ2n) is 7.17. The fourth-order valence-electron chi connectivity index (χ4n) is 3.98. The van der Waals surface area contributed by atoms with E-state index in [0.29, 0.717) is 11.6 Å². The minimum absolute atomic E-state index is 0.0872. The molecule has 0 saturated heterocycles. The maximum atomic E-state index is 6.36. The first-order chi connectivity index (χ1) is 14.2. The van der Waals surface area contributed by atoms with Crippen molar-refractivity contribution < 1.29 is 9.47 Å². The van der Waals surface area contributed by atoms with E-state index >= 15 is 0 Å². The predicted molar refractivity (Wildman–Crippen MR) is 115 cm³/mol. The highest BCUT2D eigenvalue weighted by atomic mass is 35.5. The van der Waals surface area contributed by atoms with Crippen molar-refractivity contribution >= 4 is 17.3 Å². The number of rotatable bonds is 4. The van der Waals surface area contributed by atoms with Crippen molar-refractivity contribution in [2.45, 2.75) is 25.6 Å². The van der Waals surface area contributed by atoms with E-state index in [2.05, 4.69) is 29.3 Å². The Bertz CT molecular complexity index is 1050. The Kier molecular flexibility index (Phi) is 4.64. The lowest BCUT2D eigenvalue weighted by Crippen LogP contribution is -2.33. The van der Waals surface area contributed by atoms with Crippen LogP contribution in [0.1, 0.15) is 42.3 Å². The number of benzene rings is 3. The molecule has 2 heterocycles. The van der Waals surface area contributed by atoms with E-state index in [1.165, 1.54) is 0 Å². The lowest BCUT2D eigenvalue weighted by molar-refractivity contribution is -0.0190. The van der Waals surface area contributed by atoms with Gasteiger partial charge in [-0.15, -0.1) is 0 Å². The Morgan fingerprint density at radius 2 is 1.86 bits per heavy atom. The third kappa shape index (κ3) is 3.34. The molecule has 2 atom stereocenters. The van der Waals surface area contributed by atoms with Crippen molar-refractivity contribution in [3.8, 4) is 11.5 Å². The van der Waals surface area contributed by atoms with Crippen molar-refractivity contribution in [1.82, 2.24) is 5.01 Å². The molecule has 4 nitrogen and oxygen atoms in total. The van der Waals surface area contributed by atoms with Gasteiger partial charge in [0.1, 0.15) is 11.5 Å². The highest BCUT2D eigenvalue weighted by Gasteiger charge is 2.41. The summed E-state index contributed by atoms with van der Waals surface area (Å²) >= 11 is 6.30. The van der Waals surface area contributed by atoms with E-state index in [-0.39, 0.29) is 12.3 Å². The topological polar surface area (TPSA) is 34.1 Å². The molecule has 0 aliphatic carbocycles. The van der Waals surface area contributed by atoms with Crippen molar-refractivity contribution in [1.29, 1.82) is 0 Å². The molecule has 0 unspecified atom stereocenters. The Balaban J connectivity index is 1.54. The SMILES string of the molecule is CCOc1ccc(C2=NN3[C@H](C2)c2cc(Cl)ccc2O[C@@H]3c2ccccc2)cc1. The maximum absolute atomic E-state index is 6.36. The average Bonchev–Trinajstić information content (AvgIpc) is 3.20. The molecule has 5 heteroatoms. The second kappa shape index (κ2) is 7.45. The van der Waals surface area contributed by atoms with Crippen LogP contribution in [0.15, 0.2) is 77.9 Å². The minimum atomic E-state index is -0.268. The first kappa shape index (κ1) is 18.1. The molecular weight excluding hydrogens is 384 g/mol. The van der Waals surface area contributed by atoms with Gasteiger partial charge in [0.2, 0.25) is 6.23 Å². The van der Waals surface area contributed by atoms with Crippen LogP contribution in [0.2, 0.25) is 5.02 Å². The van der Waals surface area contributed by atoms with Gasteiger partial charge in [-0.1, -0.05) is 41.9 Å². The molecule has 29 heavy (non-hydrogen) atoms. The molecule has 5 rings (SSSR count). The molecule has 0 saturated carbocycles. The van der Waals surface area contributed by atoms with Gasteiger partial charge in [-0.3, -0.25) is 0 Å². The third-order valence-electron chi connectivity index (χ3n) is 5.34. The lowest BCUT2D eigenvalue weighted by atomic mass is 9.96. The van der Waals surface area contributed by atoms with Crippen LogP contribution in [-0.4, -0.2) is 17.3 Å². The number of ether oxygens (including phenoxy) is 2. The summed E-state index contributed by atoms with van der Waals surface area (Å²) in [6.07, 6.45) is 0.531. The molecule has 146 valence electrons. The van der Waals surface area contributed by atoms with Gasteiger partial charge in [-0.25, -0.2) is 5.01 Å².